The lowest BCUT2D eigenvalue weighted by molar-refractivity contribution is 0.0696. The summed E-state index contributed by atoms with van der Waals surface area (Å²) in [6.07, 6.45) is 3.60. The van der Waals surface area contributed by atoms with Crippen molar-refractivity contribution in [3.8, 4) is 11.3 Å². The maximum atomic E-state index is 11.0. The van der Waals surface area contributed by atoms with Crippen LogP contribution in [0.1, 0.15) is 16.1 Å². The Morgan fingerprint density at radius 3 is 2.87 bits per heavy atom. The standard InChI is InChI=1S/C10H10N2O3/c1-6-8(10(13)14)9(15-11-6)7-3-4-12(2)5-7/h3-5H,1-2H3,(H,13,14). The highest BCUT2D eigenvalue weighted by molar-refractivity contribution is 5.95. The second-order valence-electron chi connectivity index (χ2n) is 3.34. The minimum atomic E-state index is -1.02. The quantitative estimate of drug-likeness (QED) is 0.811. The Balaban J connectivity index is 2.58. The number of carboxylic acids is 1. The fourth-order valence-corrected chi connectivity index (χ4v) is 1.46. The normalized spacial score (nSPS) is 10.5. The molecular formula is C10H10N2O3. The van der Waals surface area contributed by atoms with E-state index in [0.717, 1.165) is 5.56 Å². The molecule has 0 saturated carbocycles. The number of aryl methyl sites for hydroxylation is 2. The van der Waals surface area contributed by atoms with Crippen LogP contribution >= 0.6 is 0 Å². The van der Waals surface area contributed by atoms with E-state index >= 15 is 0 Å². The second kappa shape index (κ2) is 3.27. The van der Waals surface area contributed by atoms with Gasteiger partial charge in [0.25, 0.3) is 0 Å². The summed E-state index contributed by atoms with van der Waals surface area (Å²) in [4.78, 5) is 11.0. The van der Waals surface area contributed by atoms with Crippen LogP contribution < -0.4 is 0 Å². The predicted octanol–water partition coefficient (Wildman–Crippen LogP) is 1.69. The molecule has 1 N–H and O–H groups in total. The van der Waals surface area contributed by atoms with Crippen molar-refractivity contribution in [2.45, 2.75) is 6.92 Å². The number of hydrogen-bond donors (Lipinski definition) is 1. The molecule has 0 spiro atoms. The minimum absolute atomic E-state index is 0.126. The second-order valence-corrected chi connectivity index (χ2v) is 3.34. The van der Waals surface area contributed by atoms with Gasteiger partial charge in [-0.2, -0.15) is 0 Å². The number of carboxylic acid groups (broad SMARTS) is 1. The molecule has 15 heavy (non-hydrogen) atoms. The Morgan fingerprint density at radius 2 is 2.33 bits per heavy atom. The van der Waals surface area contributed by atoms with Crippen LogP contribution in [0.5, 0.6) is 0 Å². The van der Waals surface area contributed by atoms with Gasteiger partial charge in [0.1, 0.15) is 5.56 Å². The number of aromatic carboxylic acids is 1. The third-order valence-corrected chi connectivity index (χ3v) is 2.17. The highest BCUT2D eigenvalue weighted by Gasteiger charge is 2.21. The lowest BCUT2D eigenvalue weighted by Gasteiger charge is -1.93. The van der Waals surface area contributed by atoms with Gasteiger partial charge < -0.3 is 14.2 Å². The van der Waals surface area contributed by atoms with Crippen molar-refractivity contribution >= 4 is 5.97 Å². The van der Waals surface area contributed by atoms with Gasteiger partial charge in [0.15, 0.2) is 5.76 Å². The molecule has 0 fully saturated rings. The van der Waals surface area contributed by atoms with Crippen LogP contribution in [0.15, 0.2) is 23.0 Å². The molecule has 0 atom stereocenters. The molecule has 0 unspecified atom stereocenters. The Labute approximate surface area is 85.9 Å². The van der Waals surface area contributed by atoms with Crippen LogP contribution in [0.3, 0.4) is 0 Å². The van der Waals surface area contributed by atoms with Crippen molar-refractivity contribution in [1.29, 1.82) is 0 Å². The molecular weight excluding hydrogens is 196 g/mol. The van der Waals surface area contributed by atoms with E-state index in [0.29, 0.717) is 11.5 Å². The summed E-state index contributed by atoms with van der Waals surface area (Å²) in [5, 5.41) is 12.7. The predicted molar refractivity (Wildman–Crippen MR) is 52.6 cm³/mol. The first kappa shape index (κ1) is 9.51. The summed E-state index contributed by atoms with van der Waals surface area (Å²) in [5.41, 5.74) is 1.23. The van der Waals surface area contributed by atoms with E-state index in [4.69, 9.17) is 9.63 Å². The van der Waals surface area contributed by atoms with Gasteiger partial charge >= 0.3 is 5.97 Å². The maximum absolute atomic E-state index is 11.0. The molecule has 0 aliphatic carbocycles. The highest BCUT2D eigenvalue weighted by atomic mass is 16.5. The Kier molecular flexibility index (Phi) is 2.07. The van der Waals surface area contributed by atoms with Crippen LogP contribution in [-0.4, -0.2) is 20.8 Å². The third-order valence-electron chi connectivity index (χ3n) is 2.17. The van der Waals surface area contributed by atoms with Crippen molar-refractivity contribution in [1.82, 2.24) is 9.72 Å². The van der Waals surface area contributed by atoms with Crippen molar-refractivity contribution in [2.75, 3.05) is 0 Å². The summed E-state index contributed by atoms with van der Waals surface area (Å²) in [7, 11) is 1.85. The first-order valence-electron chi connectivity index (χ1n) is 4.41. The molecule has 2 heterocycles. The topological polar surface area (TPSA) is 68.3 Å². The van der Waals surface area contributed by atoms with Gasteiger partial charge in [0.05, 0.1) is 5.69 Å². The first-order valence-corrected chi connectivity index (χ1v) is 4.41. The molecule has 0 bridgehead atoms. The fourth-order valence-electron chi connectivity index (χ4n) is 1.46. The molecule has 78 valence electrons. The van der Waals surface area contributed by atoms with E-state index in [1.54, 1.807) is 19.2 Å². The van der Waals surface area contributed by atoms with Gasteiger partial charge in [-0.3, -0.25) is 0 Å². The van der Waals surface area contributed by atoms with Crippen molar-refractivity contribution in [2.24, 2.45) is 7.05 Å². The van der Waals surface area contributed by atoms with E-state index < -0.39 is 5.97 Å². The molecule has 0 aromatic carbocycles. The van der Waals surface area contributed by atoms with Crippen LogP contribution in [0.2, 0.25) is 0 Å². The smallest absolute Gasteiger partial charge is 0.341 e. The highest BCUT2D eigenvalue weighted by Crippen LogP contribution is 2.26. The van der Waals surface area contributed by atoms with E-state index in [1.165, 1.54) is 0 Å². The molecule has 2 rings (SSSR count). The van der Waals surface area contributed by atoms with Crippen LogP contribution in [0.25, 0.3) is 11.3 Å². The van der Waals surface area contributed by atoms with Crippen molar-refractivity contribution < 1.29 is 14.4 Å². The first-order chi connectivity index (χ1) is 7.09. The van der Waals surface area contributed by atoms with Gasteiger partial charge in [0, 0.05) is 25.0 Å². The summed E-state index contributed by atoms with van der Waals surface area (Å²) >= 11 is 0. The summed E-state index contributed by atoms with van der Waals surface area (Å²) in [5.74, 6) is -0.715. The van der Waals surface area contributed by atoms with Crippen molar-refractivity contribution in [3.05, 3.63) is 29.7 Å². The summed E-state index contributed by atoms with van der Waals surface area (Å²) in [6, 6.07) is 1.78. The van der Waals surface area contributed by atoms with Gasteiger partial charge in [-0.05, 0) is 13.0 Å². The molecule has 0 radical (unpaired) electrons. The van der Waals surface area contributed by atoms with E-state index in [2.05, 4.69) is 5.16 Å². The number of nitrogens with zero attached hydrogens (tertiary/aromatic N) is 2. The molecule has 0 aliphatic rings. The van der Waals surface area contributed by atoms with Crippen LogP contribution in [-0.2, 0) is 7.05 Å². The number of carbonyl (C=O) groups is 1. The largest absolute Gasteiger partial charge is 0.477 e. The molecule has 0 saturated heterocycles. The fraction of sp³-hybridized carbons (Fsp3) is 0.200. The molecule has 0 aliphatic heterocycles. The molecule has 0 amide bonds. The molecule has 2 aromatic heterocycles. The Morgan fingerprint density at radius 1 is 1.60 bits per heavy atom. The molecule has 5 heteroatoms. The number of aromatic nitrogens is 2. The Bertz CT molecular complexity index is 510. The lowest BCUT2D eigenvalue weighted by Crippen LogP contribution is -1.98. The summed E-state index contributed by atoms with van der Waals surface area (Å²) in [6.45, 7) is 1.61. The molecule has 5 nitrogen and oxygen atoms in total. The molecule has 2 aromatic rings. The van der Waals surface area contributed by atoms with Gasteiger partial charge in [-0.25, -0.2) is 4.79 Å². The average molecular weight is 206 g/mol. The summed E-state index contributed by atoms with van der Waals surface area (Å²) < 4.78 is 6.83. The van der Waals surface area contributed by atoms with E-state index in [-0.39, 0.29) is 5.56 Å². The van der Waals surface area contributed by atoms with Gasteiger partial charge in [-0.15, -0.1) is 0 Å². The Hall–Kier alpha value is -2.04. The van der Waals surface area contributed by atoms with Crippen LogP contribution in [0, 0.1) is 6.92 Å². The van der Waals surface area contributed by atoms with Gasteiger partial charge in [0.2, 0.25) is 0 Å². The van der Waals surface area contributed by atoms with Crippen LogP contribution in [0.4, 0.5) is 0 Å². The lowest BCUT2D eigenvalue weighted by atomic mass is 10.1. The van der Waals surface area contributed by atoms with Crippen molar-refractivity contribution in [3.63, 3.8) is 0 Å². The number of rotatable bonds is 2. The zero-order chi connectivity index (χ0) is 11.0. The SMILES string of the molecule is Cc1noc(-c2ccn(C)c2)c1C(=O)O. The average Bonchev–Trinajstić information content (AvgIpc) is 2.71. The zero-order valence-corrected chi connectivity index (χ0v) is 8.39. The number of hydrogen-bond acceptors (Lipinski definition) is 3. The zero-order valence-electron chi connectivity index (χ0n) is 8.39. The van der Waals surface area contributed by atoms with Gasteiger partial charge in [-0.1, -0.05) is 5.16 Å². The van der Waals surface area contributed by atoms with E-state index in [1.807, 2.05) is 17.8 Å². The maximum Gasteiger partial charge on any atom is 0.341 e. The minimum Gasteiger partial charge on any atom is -0.477 e. The third kappa shape index (κ3) is 1.52. The monoisotopic (exact) mass is 206 g/mol. The van der Waals surface area contributed by atoms with E-state index in [9.17, 15) is 4.79 Å².